The molecule has 0 aromatic heterocycles. The molecule has 0 N–H and O–H groups in total. The van der Waals surface area contributed by atoms with E-state index < -0.39 is 0 Å². The molecule has 4 nitrogen and oxygen atoms in total. The number of hydrogen-bond acceptors (Lipinski definition) is 4. The van der Waals surface area contributed by atoms with Gasteiger partial charge in [-0.3, -0.25) is 4.79 Å². The van der Waals surface area contributed by atoms with Crippen molar-refractivity contribution in [3.05, 3.63) is 29.8 Å². The Labute approximate surface area is 125 Å². The van der Waals surface area contributed by atoms with Crippen molar-refractivity contribution in [2.45, 2.75) is 32.3 Å². The molecule has 0 radical (unpaired) electrons. The third kappa shape index (κ3) is 5.39. The molecule has 0 bridgehead atoms. The molecular formula is C15H21ClO4. The summed E-state index contributed by atoms with van der Waals surface area (Å²) >= 11 is 0. The molecule has 2 rings (SSSR count). The van der Waals surface area contributed by atoms with Crippen LogP contribution in [0.25, 0.3) is 0 Å². The number of halogens is 1. The standard InChI is InChI=1S/C15H20O4.ClH/c1-2-18-15(16)11-12-3-5-13(6-4-12)19-14-7-9-17-10-8-14;/h3-6,14H,2,7-11H2,1H3;1H. The van der Waals surface area contributed by atoms with Gasteiger partial charge in [0.1, 0.15) is 11.9 Å². The molecule has 0 atom stereocenters. The van der Waals surface area contributed by atoms with Crippen LogP contribution in [0.2, 0.25) is 0 Å². The minimum absolute atomic E-state index is 0. The number of benzene rings is 1. The highest BCUT2D eigenvalue weighted by Gasteiger charge is 2.15. The molecule has 1 fully saturated rings. The highest BCUT2D eigenvalue weighted by Crippen LogP contribution is 2.18. The van der Waals surface area contributed by atoms with E-state index in [0.717, 1.165) is 37.4 Å². The summed E-state index contributed by atoms with van der Waals surface area (Å²) < 4.78 is 16.1. The summed E-state index contributed by atoms with van der Waals surface area (Å²) in [5, 5.41) is 0. The van der Waals surface area contributed by atoms with Gasteiger partial charge < -0.3 is 14.2 Å². The highest BCUT2D eigenvalue weighted by molar-refractivity contribution is 5.85. The van der Waals surface area contributed by atoms with Crippen LogP contribution < -0.4 is 4.74 Å². The smallest absolute Gasteiger partial charge is 0.310 e. The average Bonchev–Trinajstić information content (AvgIpc) is 2.42. The Kier molecular flexibility index (Phi) is 7.41. The van der Waals surface area contributed by atoms with Crippen LogP contribution in [0.4, 0.5) is 0 Å². The van der Waals surface area contributed by atoms with Gasteiger partial charge in [-0.05, 0) is 24.6 Å². The lowest BCUT2D eigenvalue weighted by Crippen LogP contribution is -2.25. The molecule has 1 aromatic carbocycles. The predicted octanol–water partition coefficient (Wildman–Crippen LogP) is 2.77. The summed E-state index contributed by atoms with van der Waals surface area (Å²) in [7, 11) is 0. The molecule has 112 valence electrons. The quantitative estimate of drug-likeness (QED) is 0.784. The van der Waals surface area contributed by atoms with E-state index in [2.05, 4.69) is 0 Å². The Morgan fingerprint density at radius 3 is 2.50 bits per heavy atom. The molecule has 1 heterocycles. The van der Waals surface area contributed by atoms with Gasteiger partial charge in [-0.25, -0.2) is 0 Å². The van der Waals surface area contributed by atoms with E-state index in [9.17, 15) is 4.79 Å². The fraction of sp³-hybridized carbons (Fsp3) is 0.533. The molecule has 0 amide bonds. The van der Waals surface area contributed by atoms with Crippen molar-refractivity contribution >= 4 is 18.4 Å². The molecule has 1 aliphatic heterocycles. The maximum atomic E-state index is 11.3. The number of esters is 1. The normalized spacial score (nSPS) is 15.2. The summed E-state index contributed by atoms with van der Waals surface area (Å²) in [5.41, 5.74) is 0.942. The monoisotopic (exact) mass is 300 g/mol. The summed E-state index contributed by atoms with van der Waals surface area (Å²) in [6.07, 6.45) is 2.42. The molecular weight excluding hydrogens is 280 g/mol. The largest absolute Gasteiger partial charge is 0.490 e. The minimum Gasteiger partial charge on any atom is -0.490 e. The maximum Gasteiger partial charge on any atom is 0.310 e. The van der Waals surface area contributed by atoms with Crippen LogP contribution in [0.15, 0.2) is 24.3 Å². The lowest BCUT2D eigenvalue weighted by Gasteiger charge is -2.23. The molecule has 0 saturated carbocycles. The van der Waals surface area contributed by atoms with Crippen LogP contribution in [0, 0.1) is 0 Å². The van der Waals surface area contributed by atoms with Gasteiger partial charge >= 0.3 is 5.97 Å². The summed E-state index contributed by atoms with van der Waals surface area (Å²) in [5.74, 6) is 0.653. The van der Waals surface area contributed by atoms with E-state index in [0.29, 0.717) is 13.0 Å². The summed E-state index contributed by atoms with van der Waals surface area (Å²) in [4.78, 5) is 11.3. The van der Waals surface area contributed by atoms with Crippen LogP contribution in [-0.2, 0) is 20.7 Å². The molecule has 1 aromatic rings. The van der Waals surface area contributed by atoms with E-state index in [1.165, 1.54) is 0 Å². The van der Waals surface area contributed by atoms with Crippen molar-refractivity contribution in [3.8, 4) is 5.75 Å². The van der Waals surface area contributed by atoms with Crippen LogP contribution >= 0.6 is 12.4 Å². The highest BCUT2D eigenvalue weighted by atomic mass is 35.5. The Morgan fingerprint density at radius 1 is 1.25 bits per heavy atom. The van der Waals surface area contributed by atoms with Crippen molar-refractivity contribution in [2.75, 3.05) is 19.8 Å². The van der Waals surface area contributed by atoms with Crippen LogP contribution in [-0.4, -0.2) is 31.9 Å². The second kappa shape index (κ2) is 8.82. The average molecular weight is 301 g/mol. The Bertz CT molecular complexity index is 399. The predicted molar refractivity (Wildman–Crippen MR) is 78.5 cm³/mol. The first-order valence-electron chi connectivity index (χ1n) is 6.77. The maximum absolute atomic E-state index is 11.3. The zero-order valence-corrected chi connectivity index (χ0v) is 12.5. The van der Waals surface area contributed by atoms with Gasteiger partial charge in [-0.1, -0.05) is 12.1 Å². The van der Waals surface area contributed by atoms with Crippen LogP contribution in [0.5, 0.6) is 5.75 Å². The lowest BCUT2D eigenvalue weighted by atomic mass is 10.1. The van der Waals surface area contributed by atoms with Gasteiger partial charge in [0, 0.05) is 12.8 Å². The van der Waals surface area contributed by atoms with E-state index >= 15 is 0 Å². The van der Waals surface area contributed by atoms with Crippen LogP contribution in [0.1, 0.15) is 25.3 Å². The van der Waals surface area contributed by atoms with E-state index in [1.54, 1.807) is 0 Å². The van der Waals surface area contributed by atoms with E-state index in [-0.39, 0.29) is 24.5 Å². The number of rotatable bonds is 5. The van der Waals surface area contributed by atoms with Crippen molar-refractivity contribution in [1.29, 1.82) is 0 Å². The van der Waals surface area contributed by atoms with E-state index in [4.69, 9.17) is 14.2 Å². The number of ether oxygens (including phenoxy) is 3. The zero-order valence-electron chi connectivity index (χ0n) is 11.7. The molecule has 0 aliphatic carbocycles. The van der Waals surface area contributed by atoms with Crippen molar-refractivity contribution in [2.24, 2.45) is 0 Å². The summed E-state index contributed by atoms with van der Waals surface area (Å²) in [6, 6.07) is 7.63. The van der Waals surface area contributed by atoms with Crippen LogP contribution in [0.3, 0.4) is 0 Å². The molecule has 0 spiro atoms. The summed E-state index contributed by atoms with van der Waals surface area (Å²) in [6.45, 7) is 3.77. The molecule has 1 aliphatic rings. The zero-order chi connectivity index (χ0) is 13.5. The fourth-order valence-electron chi connectivity index (χ4n) is 2.05. The molecule has 1 saturated heterocycles. The number of hydrogen-bond donors (Lipinski definition) is 0. The minimum atomic E-state index is -0.194. The lowest BCUT2D eigenvalue weighted by molar-refractivity contribution is -0.142. The Morgan fingerprint density at radius 2 is 1.90 bits per heavy atom. The first-order valence-corrected chi connectivity index (χ1v) is 6.77. The van der Waals surface area contributed by atoms with Gasteiger partial charge in [0.25, 0.3) is 0 Å². The van der Waals surface area contributed by atoms with E-state index in [1.807, 2.05) is 31.2 Å². The number of carbonyl (C=O) groups is 1. The molecule has 5 heteroatoms. The van der Waals surface area contributed by atoms with Gasteiger partial charge in [0.05, 0.1) is 26.2 Å². The van der Waals surface area contributed by atoms with Crippen molar-refractivity contribution < 1.29 is 19.0 Å². The van der Waals surface area contributed by atoms with Crippen molar-refractivity contribution in [1.82, 2.24) is 0 Å². The third-order valence-electron chi connectivity index (χ3n) is 3.05. The van der Waals surface area contributed by atoms with Gasteiger partial charge in [-0.15, -0.1) is 12.4 Å². The molecule has 20 heavy (non-hydrogen) atoms. The second-order valence-electron chi connectivity index (χ2n) is 4.56. The first-order chi connectivity index (χ1) is 9.28. The number of carbonyl (C=O) groups excluding carboxylic acids is 1. The molecule has 0 unspecified atom stereocenters. The topological polar surface area (TPSA) is 44.8 Å². The first kappa shape index (κ1) is 16.8. The third-order valence-corrected chi connectivity index (χ3v) is 3.05. The fourth-order valence-corrected chi connectivity index (χ4v) is 2.05. The van der Waals surface area contributed by atoms with Gasteiger partial charge in [0.15, 0.2) is 0 Å². The van der Waals surface area contributed by atoms with Gasteiger partial charge in [-0.2, -0.15) is 0 Å². The Hall–Kier alpha value is -1.26. The van der Waals surface area contributed by atoms with Crippen molar-refractivity contribution in [3.63, 3.8) is 0 Å². The Balaban J connectivity index is 0.00000200. The van der Waals surface area contributed by atoms with Gasteiger partial charge in [0.2, 0.25) is 0 Å². The SMILES string of the molecule is CCOC(=O)Cc1ccc(OC2CCOCC2)cc1.Cl. The second-order valence-corrected chi connectivity index (χ2v) is 4.56.